The molecule has 1 aromatic rings. The highest BCUT2D eigenvalue weighted by atomic mass is 16.5. The Balaban J connectivity index is 2.86. The van der Waals surface area contributed by atoms with Crippen LogP contribution in [0.25, 0.3) is 0 Å². The van der Waals surface area contributed by atoms with Gasteiger partial charge in [-0.2, -0.15) is 0 Å². The third-order valence-corrected chi connectivity index (χ3v) is 2.86. The SMILES string of the molecule is CCCC(CC(=O)O)c1ccc(C(=O)OC)cc1. The fourth-order valence-corrected chi connectivity index (χ4v) is 1.96. The molecule has 0 heterocycles. The Morgan fingerprint density at radius 3 is 2.33 bits per heavy atom. The minimum absolute atomic E-state index is 0.000744. The third kappa shape index (κ3) is 3.87. The van der Waals surface area contributed by atoms with E-state index in [4.69, 9.17) is 5.11 Å². The zero-order chi connectivity index (χ0) is 13.5. The first-order valence-electron chi connectivity index (χ1n) is 5.98. The van der Waals surface area contributed by atoms with Crippen molar-refractivity contribution in [2.24, 2.45) is 0 Å². The lowest BCUT2D eigenvalue weighted by molar-refractivity contribution is -0.137. The van der Waals surface area contributed by atoms with E-state index in [0.29, 0.717) is 5.56 Å². The van der Waals surface area contributed by atoms with Crippen molar-refractivity contribution in [2.75, 3.05) is 7.11 Å². The number of carbonyl (C=O) groups excluding carboxylic acids is 1. The number of hydrogen-bond donors (Lipinski definition) is 1. The first kappa shape index (κ1) is 14.2. The van der Waals surface area contributed by atoms with E-state index >= 15 is 0 Å². The molecule has 0 saturated carbocycles. The van der Waals surface area contributed by atoms with Crippen LogP contribution in [-0.4, -0.2) is 24.2 Å². The van der Waals surface area contributed by atoms with Crippen LogP contribution in [0.2, 0.25) is 0 Å². The largest absolute Gasteiger partial charge is 0.481 e. The van der Waals surface area contributed by atoms with Gasteiger partial charge in [-0.25, -0.2) is 4.79 Å². The van der Waals surface area contributed by atoms with Crippen molar-refractivity contribution in [2.45, 2.75) is 32.1 Å². The molecule has 0 radical (unpaired) electrons. The maximum Gasteiger partial charge on any atom is 0.337 e. The molecule has 1 rings (SSSR count). The molecule has 1 N–H and O–H groups in total. The topological polar surface area (TPSA) is 63.6 Å². The summed E-state index contributed by atoms with van der Waals surface area (Å²) in [6, 6.07) is 6.95. The van der Waals surface area contributed by atoms with Gasteiger partial charge in [0.1, 0.15) is 0 Å². The predicted octanol–water partition coefficient (Wildman–Crippen LogP) is 2.83. The summed E-state index contributed by atoms with van der Waals surface area (Å²) >= 11 is 0. The van der Waals surface area contributed by atoms with E-state index in [0.717, 1.165) is 18.4 Å². The summed E-state index contributed by atoms with van der Waals surface area (Å²) in [6.45, 7) is 2.03. The average Bonchev–Trinajstić information content (AvgIpc) is 2.37. The van der Waals surface area contributed by atoms with E-state index in [9.17, 15) is 9.59 Å². The van der Waals surface area contributed by atoms with Crippen LogP contribution in [0.1, 0.15) is 48.0 Å². The number of rotatable bonds is 6. The zero-order valence-electron chi connectivity index (χ0n) is 10.7. The number of ether oxygens (including phenoxy) is 1. The number of benzene rings is 1. The molecule has 1 unspecified atom stereocenters. The fraction of sp³-hybridized carbons (Fsp3) is 0.429. The smallest absolute Gasteiger partial charge is 0.337 e. The van der Waals surface area contributed by atoms with Crippen LogP contribution in [0, 0.1) is 0 Å². The number of carbonyl (C=O) groups is 2. The van der Waals surface area contributed by atoms with E-state index in [2.05, 4.69) is 4.74 Å². The Hall–Kier alpha value is -1.84. The molecule has 0 spiro atoms. The van der Waals surface area contributed by atoms with Crippen molar-refractivity contribution in [1.82, 2.24) is 0 Å². The second-order valence-corrected chi connectivity index (χ2v) is 4.20. The summed E-state index contributed by atoms with van der Waals surface area (Å²) in [5.41, 5.74) is 1.43. The molecule has 1 aromatic carbocycles. The van der Waals surface area contributed by atoms with Crippen molar-refractivity contribution < 1.29 is 19.4 Å². The second kappa shape index (κ2) is 6.79. The van der Waals surface area contributed by atoms with Crippen LogP contribution in [0.5, 0.6) is 0 Å². The fourth-order valence-electron chi connectivity index (χ4n) is 1.96. The van der Waals surface area contributed by atoms with E-state index in [-0.39, 0.29) is 18.3 Å². The van der Waals surface area contributed by atoms with Gasteiger partial charge in [0.15, 0.2) is 0 Å². The zero-order valence-corrected chi connectivity index (χ0v) is 10.7. The molecular formula is C14H18O4. The Morgan fingerprint density at radius 2 is 1.89 bits per heavy atom. The van der Waals surface area contributed by atoms with Gasteiger partial charge in [-0.05, 0) is 30.0 Å². The normalized spacial score (nSPS) is 11.9. The minimum atomic E-state index is -0.800. The molecule has 0 aliphatic rings. The Morgan fingerprint density at radius 1 is 1.28 bits per heavy atom. The molecule has 0 amide bonds. The van der Waals surface area contributed by atoms with Crippen LogP contribution in [0.15, 0.2) is 24.3 Å². The van der Waals surface area contributed by atoms with E-state index in [1.807, 2.05) is 6.92 Å². The summed E-state index contributed by atoms with van der Waals surface area (Å²) in [5, 5.41) is 8.88. The molecule has 0 saturated heterocycles. The highest BCUT2D eigenvalue weighted by molar-refractivity contribution is 5.89. The van der Waals surface area contributed by atoms with Crippen molar-refractivity contribution in [1.29, 1.82) is 0 Å². The molecule has 4 heteroatoms. The van der Waals surface area contributed by atoms with Crippen LogP contribution in [-0.2, 0) is 9.53 Å². The first-order valence-corrected chi connectivity index (χ1v) is 5.98. The maximum absolute atomic E-state index is 11.3. The third-order valence-electron chi connectivity index (χ3n) is 2.86. The van der Waals surface area contributed by atoms with Gasteiger partial charge in [0, 0.05) is 0 Å². The molecule has 0 aromatic heterocycles. The molecule has 98 valence electrons. The monoisotopic (exact) mass is 250 g/mol. The molecule has 0 aliphatic carbocycles. The number of carboxylic acids is 1. The molecule has 0 bridgehead atoms. The summed E-state index contributed by atoms with van der Waals surface area (Å²) in [4.78, 5) is 22.1. The predicted molar refractivity (Wildman–Crippen MR) is 67.7 cm³/mol. The van der Waals surface area contributed by atoms with E-state index < -0.39 is 5.97 Å². The second-order valence-electron chi connectivity index (χ2n) is 4.20. The number of aliphatic carboxylic acids is 1. The first-order chi connectivity index (χ1) is 8.58. The molecule has 0 fully saturated rings. The highest BCUT2D eigenvalue weighted by Gasteiger charge is 2.15. The van der Waals surface area contributed by atoms with E-state index in [1.54, 1.807) is 24.3 Å². The summed E-state index contributed by atoms with van der Waals surface area (Å²) < 4.78 is 4.62. The number of carboxylic acid groups (broad SMARTS) is 1. The minimum Gasteiger partial charge on any atom is -0.481 e. The Kier molecular flexibility index (Phi) is 5.36. The van der Waals surface area contributed by atoms with Crippen LogP contribution < -0.4 is 0 Å². The van der Waals surface area contributed by atoms with Crippen molar-refractivity contribution in [3.8, 4) is 0 Å². The highest BCUT2D eigenvalue weighted by Crippen LogP contribution is 2.25. The quantitative estimate of drug-likeness (QED) is 0.788. The van der Waals surface area contributed by atoms with Crippen molar-refractivity contribution in [3.05, 3.63) is 35.4 Å². The van der Waals surface area contributed by atoms with Crippen molar-refractivity contribution >= 4 is 11.9 Å². The van der Waals surface area contributed by atoms with Gasteiger partial charge in [-0.1, -0.05) is 25.5 Å². The molecule has 0 aliphatic heterocycles. The van der Waals surface area contributed by atoms with E-state index in [1.165, 1.54) is 7.11 Å². The lowest BCUT2D eigenvalue weighted by Crippen LogP contribution is -2.07. The molecule has 4 nitrogen and oxygen atoms in total. The summed E-state index contributed by atoms with van der Waals surface area (Å²) in [7, 11) is 1.33. The lowest BCUT2D eigenvalue weighted by Gasteiger charge is -2.14. The van der Waals surface area contributed by atoms with Crippen LogP contribution in [0.3, 0.4) is 0 Å². The number of hydrogen-bond acceptors (Lipinski definition) is 3. The van der Waals surface area contributed by atoms with Gasteiger partial charge in [0.2, 0.25) is 0 Å². The van der Waals surface area contributed by atoms with Gasteiger partial charge in [0.25, 0.3) is 0 Å². The molecule has 18 heavy (non-hydrogen) atoms. The Bertz CT molecular complexity index is 408. The standard InChI is InChI=1S/C14H18O4/c1-3-4-12(9-13(15)16)10-5-7-11(8-6-10)14(17)18-2/h5-8,12H,3-4,9H2,1-2H3,(H,15,16). The maximum atomic E-state index is 11.3. The van der Waals surface area contributed by atoms with Gasteiger partial charge in [-0.15, -0.1) is 0 Å². The Labute approximate surface area is 107 Å². The van der Waals surface area contributed by atoms with Gasteiger partial charge in [0.05, 0.1) is 19.1 Å². The number of esters is 1. The number of methoxy groups -OCH3 is 1. The summed E-state index contributed by atoms with van der Waals surface area (Å²) in [5.74, 6) is -1.18. The van der Waals surface area contributed by atoms with Crippen LogP contribution >= 0.6 is 0 Å². The van der Waals surface area contributed by atoms with Gasteiger partial charge >= 0.3 is 11.9 Å². The van der Waals surface area contributed by atoms with Gasteiger partial charge in [-0.3, -0.25) is 4.79 Å². The molecular weight excluding hydrogens is 232 g/mol. The molecule has 1 atom stereocenters. The van der Waals surface area contributed by atoms with Gasteiger partial charge < -0.3 is 9.84 Å². The average molecular weight is 250 g/mol. The van der Waals surface area contributed by atoms with Crippen molar-refractivity contribution in [3.63, 3.8) is 0 Å². The lowest BCUT2D eigenvalue weighted by atomic mass is 9.91. The summed E-state index contributed by atoms with van der Waals surface area (Å²) in [6.07, 6.45) is 1.87. The van der Waals surface area contributed by atoms with Crippen LogP contribution in [0.4, 0.5) is 0 Å².